The van der Waals surface area contributed by atoms with E-state index in [1.54, 1.807) is 17.1 Å². The Morgan fingerprint density at radius 3 is 2.52 bits per heavy atom. The van der Waals surface area contributed by atoms with Gasteiger partial charge in [-0.15, -0.1) is 0 Å². The van der Waals surface area contributed by atoms with E-state index in [0.717, 1.165) is 17.8 Å². The van der Waals surface area contributed by atoms with E-state index in [4.69, 9.17) is 0 Å². The molecule has 5 heteroatoms. The molecule has 1 amide bonds. The summed E-state index contributed by atoms with van der Waals surface area (Å²) in [6.45, 7) is 5.23. The summed E-state index contributed by atoms with van der Waals surface area (Å²) in [5.74, 6) is 0.000934. The average molecular weight is 334 g/mol. The number of carbonyl (C=O) groups excluding carboxylic acids is 1. The lowest BCUT2D eigenvalue weighted by atomic mass is 10.2. The van der Waals surface area contributed by atoms with E-state index in [2.05, 4.69) is 10.1 Å². The molecule has 0 fully saturated rings. The molecule has 0 saturated carbocycles. The summed E-state index contributed by atoms with van der Waals surface area (Å²) >= 11 is 0. The van der Waals surface area contributed by atoms with E-state index in [9.17, 15) is 4.79 Å². The van der Waals surface area contributed by atoms with Crippen LogP contribution in [0.4, 0.5) is 0 Å². The van der Waals surface area contributed by atoms with Crippen molar-refractivity contribution >= 4 is 5.91 Å². The zero-order chi connectivity index (χ0) is 17.6. The van der Waals surface area contributed by atoms with Crippen molar-refractivity contribution < 1.29 is 4.79 Å². The number of nitrogens with zero attached hydrogens (tertiary/aromatic N) is 4. The lowest BCUT2D eigenvalue weighted by Crippen LogP contribution is -2.34. The molecule has 0 N–H and O–H groups in total. The standard InChI is InChI=1S/C20H22N4O/c1-3-23(14-11-17-9-12-21-13-10-17)20(25)19-15-16(2)22-24(19)18-7-5-4-6-8-18/h4-10,12-13,15H,3,11,14H2,1-2H3. The Morgan fingerprint density at radius 2 is 1.84 bits per heavy atom. The Bertz CT molecular complexity index is 827. The average Bonchev–Trinajstić information content (AvgIpc) is 3.05. The van der Waals surface area contributed by atoms with Crippen LogP contribution in [0.15, 0.2) is 60.9 Å². The molecule has 1 aromatic carbocycles. The van der Waals surface area contributed by atoms with Crippen molar-refractivity contribution in [2.75, 3.05) is 13.1 Å². The molecule has 0 aliphatic carbocycles. The van der Waals surface area contributed by atoms with Gasteiger partial charge in [-0.2, -0.15) is 5.10 Å². The van der Waals surface area contributed by atoms with Crippen LogP contribution in [0.5, 0.6) is 0 Å². The number of pyridine rings is 1. The zero-order valence-electron chi connectivity index (χ0n) is 14.6. The van der Waals surface area contributed by atoms with Crippen LogP contribution in [0.2, 0.25) is 0 Å². The van der Waals surface area contributed by atoms with Crippen molar-refractivity contribution in [1.29, 1.82) is 0 Å². The van der Waals surface area contributed by atoms with Gasteiger partial charge < -0.3 is 4.90 Å². The van der Waals surface area contributed by atoms with Crippen molar-refractivity contribution in [3.05, 3.63) is 77.9 Å². The summed E-state index contributed by atoms with van der Waals surface area (Å²) in [6.07, 6.45) is 4.36. The molecule has 3 rings (SSSR count). The molecule has 3 aromatic rings. The highest BCUT2D eigenvalue weighted by Gasteiger charge is 2.20. The molecule has 5 nitrogen and oxygen atoms in total. The lowest BCUT2D eigenvalue weighted by molar-refractivity contribution is 0.0757. The molecule has 0 spiro atoms. The molecule has 0 saturated heterocycles. The van der Waals surface area contributed by atoms with Gasteiger partial charge in [0.25, 0.3) is 5.91 Å². The molecule has 128 valence electrons. The first-order valence-corrected chi connectivity index (χ1v) is 8.49. The number of aromatic nitrogens is 3. The summed E-state index contributed by atoms with van der Waals surface area (Å²) < 4.78 is 1.73. The molecular formula is C20H22N4O. The summed E-state index contributed by atoms with van der Waals surface area (Å²) in [5.41, 5.74) is 3.50. The van der Waals surface area contributed by atoms with Gasteiger partial charge in [-0.3, -0.25) is 9.78 Å². The predicted molar refractivity (Wildman–Crippen MR) is 97.8 cm³/mol. The number of para-hydroxylation sites is 1. The van der Waals surface area contributed by atoms with Crippen LogP contribution in [0, 0.1) is 6.92 Å². The van der Waals surface area contributed by atoms with E-state index in [0.29, 0.717) is 18.8 Å². The number of amides is 1. The topological polar surface area (TPSA) is 51.0 Å². The fourth-order valence-electron chi connectivity index (χ4n) is 2.80. The Hall–Kier alpha value is -2.95. The quantitative estimate of drug-likeness (QED) is 0.695. The fraction of sp³-hybridized carbons (Fsp3) is 0.250. The van der Waals surface area contributed by atoms with Crippen molar-refractivity contribution in [3.8, 4) is 5.69 Å². The first kappa shape index (κ1) is 16.9. The van der Waals surface area contributed by atoms with Crippen LogP contribution in [0.1, 0.15) is 28.7 Å². The number of likely N-dealkylation sites (N-methyl/N-ethyl adjacent to an activating group) is 1. The van der Waals surface area contributed by atoms with Crippen LogP contribution < -0.4 is 0 Å². The Labute approximate surface area is 147 Å². The molecule has 0 unspecified atom stereocenters. The first-order valence-electron chi connectivity index (χ1n) is 8.49. The predicted octanol–water partition coefficient (Wildman–Crippen LogP) is 3.28. The van der Waals surface area contributed by atoms with Crippen LogP contribution in [-0.2, 0) is 6.42 Å². The van der Waals surface area contributed by atoms with Crippen LogP contribution >= 0.6 is 0 Å². The van der Waals surface area contributed by atoms with Crippen LogP contribution in [-0.4, -0.2) is 38.7 Å². The monoisotopic (exact) mass is 334 g/mol. The Kier molecular flexibility index (Phi) is 5.23. The molecule has 25 heavy (non-hydrogen) atoms. The van der Waals surface area contributed by atoms with Crippen molar-refractivity contribution in [1.82, 2.24) is 19.7 Å². The highest BCUT2D eigenvalue weighted by Crippen LogP contribution is 2.15. The third-order valence-electron chi connectivity index (χ3n) is 4.14. The molecule has 0 aliphatic heterocycles. The second kappa shape index (κ2) is 7.75. The number of carbonyl (C=O) groups is 1. The molecular weight excluding hydrogens is 312 g/mol. The van der Waals surface area contributed by atoms with E-state index in [1.165, 1.54) is 5.56 Å². The maximum absolute atomic E-state index is 13.1. The zero-order valence-corrected chi connectivity index (χ0v) is 14.6. The van der Waals surface area contributed by atoms with Crippen molar-refractivity contribution in [3.63, 3.8) is 0 Å². The summed E-state index contributed by atoms with van der Waals surface area (Å²) in [6, 6.07) is 15.6. The third kappa shape index (κ3) is 3.94. The van der Waals surface area contributed by atoms with Gasteiger partial charge in [-0.05, 0) is 56.2 Å². The fourth-order valence-corrected chi connectivity index (χ4v) is 2.80. The Balaban J connectivity index is 1.81. The van der Waals surface area contributed by atoms with E-state index in [1.807, 2.05) is 67.3 Å². The molecule has 2 aromatic heterocycles. The van der Waals surface area contributed by atoms with Gasteiger partial charge in [0.15, 0.2) is 0 Å². The van der Waals surface area contributed by atoms with Gasteiger partial charge in [0, 0.05) is 25.5 Å². The second-order valence-corrected chi connectivity index (χ2v) is 5.91. The van der Waals surface area contributed by atoms with Crippen LogP contribution in [0.3, 0.4) is 0 Å². The summed E-state index contributed by atoms with van der Waals surface area (Å²) in [4.78, 5) is 18.9. The lowest BCUT2D eigenvalue weighted by Gasteiger charge is -2.21. The van der Waals surface area contributed by atoms with E-state index >= 15 is 0 Å². The number of hydrogen-bond donors (Lipinski definition) is 0. The molecule has 0 radical (unpaired) electrons. The van der Waals surface area contributed by atoms with E-state index < -0.39 is 0 Å². The van der Waals surface area contributed by atoms with Gasteiger partial charge in [0.2, 0.25) is 0 Å². The van der Waals surface area contributed by atoms with Gasteiger partial charge >= 0.3 is 0 Å². The minimum Gasteiger partial charge on any atom is -0.337 e. The molecule has 0 aliphatic rings. The normalized spacial score (nSPS) is 10.6. The van der Waals surface area contributed by atoms with Crippen LogP contribution in [0.25, 0.3) is 5.69 Å². The number of aryl methyl sites for hydroxylation is 1. The van der Waals surface area contributed by atoms with Gasteiger partial charge in [-0.1, -0.05) is 18.2 Å². The minimum atomic E-state index is 0.000934. The largest absolute Gasteiger partial charge is 0.337 e. The number of rotatable bonds is 6. The molecule has 0 bridgehead atoms. The van der Waals surface area contributed by atoms with Crippen molar-refractivity contribution in [2.45, 2.75) is 20.3 Å². The van der Waals surface area contributed by atoms with Gasteiger partial charge in [-0.25, -0.2) is 4.68 Å². The highest BCUT2D eigenvalue weighted by molar-refractivity contribution is 5.93. The van der Waals surface area contributed by atoms with Gasteiger partial charge in [0.1, 0.15) is 5.69 Å². The second-order valence-electron chi connectivity index (χ2n) is 5.91. The first-order chi connectivity index (χ1) is 12.2. The number of hydrogen-bond acceptors (Lipinski definition) is 3. The van der Waals surface area contributed by atoms with Crippen molar-refractivity contribution in [2.24, 2.45) is 0 Å². The highest BCUT2D eigenvalue weighted by atomic mass is 16.2. The summed E-state index contributed by atoms with van der Waals surface area (Å²) in [5, 5.41) is 4.50. The third-order valence-corrected chi connectivity index (χ3v) is 4.14. The Morgan fingerprint density at radius 1 is 1.12 bits per heavy atom. The molecule has 2 heterocycles. The molecule has 0 atom stereocenters. The van der Waals surface area contributed by atoms with Gasteiger partial charge in [0.05, 0.1) is 11.4 Å². The maximum Gasteiger partial charge on any atom is 0.272 e. The smallest absolute Gasteiger partial charge is 0.272 e. The summed E-state index contributed by atoms with van der Waals surface area (Å²) in [7, 11) is 0. The van der Waals surface area contributed by atoms with E-state index in [-0.39, 0.29) is 5.91 Å². The SMILES string of the molecule is CCN(CCc1ccncc1)C(=O)c1cc(C)nn1-c1ccccc1. The number of benzene rings is 1. The minimum absolute atomic E-state index is 0.000934. The maximum atomic E-state index is 13.1.